The Morgan fingerprint density at radius 3 is 2.36 bits per heavy atom. The fourth-order valence-corrected chi connectivity index (χ4v) is 2.84. The van der Waals surface area contributed by atoms with Gasteiger partial charge in [0.1, 0.15) is 12.4 Å². The molecule has 0 unspecified atom stereocenters. The van der Waals surface area contributed by atoms with Crippen LogP contribution >= 0.6 is 0 Å². The van der Waals surface area contributed by atoms with Gasteiger partial charge in [0.25, 0.3) is 11.8 Å². The molecule has 2 aromatic carbocycles. The number of anilines is 2. The first-order valence-electron chi connectivity index (χ1n) is 8.74. The summed E-state index contributed by atoms with van der Waals surface area (Å²) >= 11 is 0. The van der Waals surface area contributed by atoms with E-state index in [9.17, 15) is 9.59 Å². The van der Waals surface area contributed by atoms with Gasteiger partial charge in [0.05, 0.1) is 5.57 Å². The molecule has 0 fully saturated rings. The number of aromatic nitrogens is 1. The van der Waals surface area contributed by atoms with Gasteiger partial charge in [-0.05, 0) is 42.5 Å². The first kappa shape index (κ1) is 17.5. The second kappa shape index (κ2) is 7.75. The molecule has 0 radical (unpaired) electrons. The number of carbonyl (C=O) groups excluding carboxylic acids is 2. The Balaban J connectivity index is 1.46. The predicted octanol–water partition coefficient (Wildman–Crippen LogP) is 3.75. The van der Waals surface area contributed by atoms with Gasteiger partial charge in [-0.25, -0.2) is 0 Å². The van der Waals surface area contributed by atoms with Gasteiger partial charge in [0, 0.05) is 34.9 Å². The number of pyridine rings is 1. The molecule has 28 heavy (non-hydrogen) atoms. The summed E-state index contributed by atoms with van der Waals surface area (Å²) in [5, 5.41) is 5.65. The number of hydrogen-bond donors (Lipinski definition) is 2. The van der Waals surface area contributed by atoms with E-state index < -0.39 is 0 Å². The highest BCUT2D eigenvalue weighted by Gasteiger charge is 2.17. The molecule has 1 aliphatic heterocycles. The van der Waals surface area contributed by atoms with Crippen LogP contribution in [0.2, 0.25) is 0 Å². The summed E-state index contributed by atoms with van der Waals surface area (Å²) in [5.74, 6) is 0.276. The summed E-state index contributed by atoms with van der Waals surface area (Å²) in [6, 6.07) is 17.8. The fourth-order valence-electron chi connectivity index (χ4n) is 2.84. The first-order valence-corrected chi connectivity index (χ1v) is 8.74. The van der Waals surface area contributed by atoms with Crippen LogP contribution < -0.4 is 15.4 Å². The number of ether oxygens (including phenoxy) is 1. The third kappa shape index (κ3) is 3.91. The summed E-state index contributed by atoms with van der Waals surface area (Å²) in [6.07, 6.45) is 4.94. The van der Waals surface area contributed by atoms with E-state index in [1.165, 1.54) is 0 Å². The van der Waals surface area contributed by atoms with Crippen LogP contribution in [0.4, 0.5) is 11.4 Å². The smallest absolute Gasteiger partial charge is 0.255 e. The van der Waals surface area contributed by atoms with E-state index in [2.05, 4.69) is 15.6 Å². The molecule has 1 aliphatic rings. The highest BCUT2D eigenvalue weighted by molar-refractivity contribution is 6.08. The summed E-state index contributed by atoms with van der Waals surface area (Å²) in [4.78, 5) is 28.7. The molecule has 0 aliphatic carbocycles. The number of nitrogens with one attached hydrogen (secondary N) is 2. The molecule has 3 aromatic rings. The Morgan fingerprint density at radius 2 is 1.57 bits per heavy atom. The maximum Gasteiger partial charge on any atom is 0.255 e. The average Bonchev–Trinajstić information content (AvgIpc) is 2.74. The maximum absolute atomic E-state index is 12.6. The summed E-state index contributed by atoms with van der Waals surface area (Å²) in [7, 11) is 0. The van der Waals surface area contributed by atoms with Gasteiger partial charge < -0.3 is 15.4 Å². The molecular weight excluding hydrogens is 354 g/mol. The average molecular weight is 371 g/mol. The number of rotatable bonds is 4. The van der Waals surface area contributed by atoms with Gasteiger partial charge in [-0.1, -0.05) is 24.3 Å². The summed E-state index contributed by atoms with van der Waals surface area (Å²) in [5.41, 5.74) is 3.07. The molecule has 4 rings (SSSR count). The summed E-state index contributed by atoms with van der Waals surface area (Å²) in [6.45, 7) is 0.210. The van der Waals surface area contributed by atoms with Gasteiger partial charge in [-0.2, -0.15) is 0 Å². The first-order chi connectivity index (χ1) is 13.7. The Morgan fingerprint density at radius 1 is 0.857 bits per heavy atom. The minimum Gasteiger partial charge on any atom is -0.488 e. The van der Waals surface area contributed by atoms with Gasteiger partial charge in [0.15, 0.2) is 0 Å². The van der Waals surface area contributed by atoms with E-state index in [0.29, 0.717) is 22.5 Å². The van der Waals surface area contributed by atoms with E-state index in [-0.39, 0.29) is 18.4 Å². The van der Waals surface area contributed by atoms with Crippen molar-refractivity contribution in [3.05, 3.63) is 89.8 Å². The number of hydrogen-bond acceptors (Lipinski definition) is 4. The minimum absolute atomic E-state index is 0.210. The highest BCUT2D eigenvalue weighted by Crippen LogP contribution is 2.26. The largest absolute Gasteiger partial charge is 0.488 e. The molecule has 0 saturated carbocycles. The zero-order valence-electron chi connectivity index (χ0n) is 14.9. The molecule has 2 heterocycles. The zero-order chi connectivity index (χ0) is 19.3. The molecule has 2 N–H and O–H groups in total. The van der Waals surface area contributed by atoms with Crippen LogP contribution in [0.1, 0.15) is 15.9 Å². The Labute approximate surface area is 161 Å². The molecule has 6 nitrogen and oxygen atoms in total. The van der Waals surface area contributed by atoms with E-state index in [0.717, 1.165) is 11.3 Å². The van der Waals surface area contributed by atoms with Gasteiger partial charge in [-0.15, -0.1) is 0 Å². The summed E-state index contributed by atoms with van der Waals surface area (Å²) < 4.78 is 5.63. The van der Waals surface area contributed by atoms with Crippen molar-refractivity contribution in [2.75, 3.05) is 17.2 Å². The number of carbonyl (C=O) groups is 2. The Hall–Kier alpha value is -3.93. The predicted molar refractivity (Wildman–Crippen MR) is 107 cm³/mol. The Kier molecular flexibility index (Phi) is 4.84. The number of amides is 2. The monoisotopic (exact) mass is 371 g/mol. The SMILES string of the molecule is O=C(Nc1cccc(NC(=O)c2ccncc2)c1)C1=Cc2ccccc2OC1. The van der Waals surface area contributed by atoms with Crippen molar-refractivity contribution >= 4 is 29.3 Å². The minimum atomic E-state index is -0.245. The molecule has 1 aromatic heterocycles. The second-order valence-electron chi connectivity index (χ2n) is 6.22. The third-order valence-corrected chi connectivity index (χ3v) is 4.24. The van der Waals surface area contributed by atoms with Gasteiger partial charge >= 0.3 is 0 Å². The van der Waals surface area contributed by atoms with Crippen molar-refractivity contribution in [1.82, 2.24) is 4.98 Å². The van der Waals surface area contributed by atoms with E-state index in [4.69, 9.17) is 4.74 Å². The van der Waals surface area contributed by atoms with E-state index in [1.54, 1.807) is 48.8 Å². The molecule has 0 atom stereocenters. The highest BCUT2D eigenvalue weighted by atomic mass is 16.5. The molecular formula is C22H17N3O3. The molecule has 6 heteroatoms. The molecule has 138 valence electrons. The molecule has 0 saturated heterocycles. The zero-order valence-corrected chi connectivity index (χ0v) is 14.9. The van der Waals surface area contributed by atoms with Crippen LogP contribution in [0.5, 0.6) is 5.75 Å². The number of para-hydroxylation sites is 1. The molecule has 0 bridgehead atoms. The van der Waals surface area contributed by atoms with Crippen LogP contribution in [0, 0.1) is 0 Å². The fraction of sp³-hybridized carbons (Fsp3) is 0.0455. The van der Waals surface area contributed by atoms with Crippen LogP contribution in [-0.2, 0) is 4.79 Å². The van der Waals surface area contributed by atoms with Crippen molar-refractivity contribution < 1.29 is 14.3 Å². The van der Waals surface area contributed by atoms with Crippen molar-refractivity contribution in [3.63, 3.8) is 0 Å². The molecule has 2 amide bonds. The van der Waals surface area contributed by atoms with Crippen LogP contribution in [0.3, 0.4) is 0 Å². The lowest BCUT2D eigenvalue weighted by molar-refractivity contribution is -0.113. The van der Waals surface area contributed by atoms with Crippen LogP contribution in [0.25, 0.3) is 6.08 Å². The number of nitrogens with zero attached hydrogens (tertiary/aromatic N) is 1. The topological polar surface area (TPSA) is 80.3 Å². The van der Waals surface area contributed by atoms with Crippen molar-refractivity contribution in [2.45, 2.75) is 0 Å². The van der Waals surface area contributed by atoms with Gasteiger partial charge in [-0.3, -0.25) is 14.6 Å². The lowest BCUT2D eigenvalue weighted by atomic mass is 10.1. The lowest BCUT2D eigenvalue weighted by Crippen LogP contribution is -2.21. The quantitative estimate of drug-likeness (QED) is 0.732. The molecule has 0 spiro atoms. The van der Waals surface area contributed by atoms with E-state index in [1.807, 2.05) is 30.3 Å². The van der Waals surface area contributed by atoms with Crippen molar-refractivity contribution in [1.29, 1.82) is 0 Å². The van der Waals surface area contributed by atoms with Crippen LogP contribution in [0.15, 0.2) is 78.6 Å². The van der Waals surface area contributed by atoms with Crippen molar-refractivity contribution in [2.24, 2.45) is 0 Å². The normalized spacial score (nSPS) is 12.2. The Bertz CT molecular complexity index is 1060. The van der Waals surface area contributed by atoms with E-state index >= 15 is 0 Å². The number of benzene rings is 2. The number of fused-ring (bicyclic) bond motifs is 1. The van der Waals surface area contributed by atoms with Gasteiger partial charge in [0.2, 0.25) is 0 Å². The maximum atomic E-state index is 12.6. The van der Waals surface area contributed by atoms with Crippen LogP contribution in [-0.4, -0.2) is 23.4 Å². The third-order valence-electron chi connectivity index (χ3n) is 4.24. The second-order valence-corrected chi connectivity index (χ2v) is 6.22. The standard InChI is InChI=1S/C22H17N3O3/c26-21(15-8-10-23-11-9-15)24-18-5-3-6-19(13-18)25-22(27)17-12-16-4-1-2-7-20(16)28-14-17/h1-13H,14H2,(H,24,26)(H,25,27). The van der Waals surface area contributed by atoms with Crippen molar-refractivity contribution in [3.8, 4) is 5.75 Å². The lowest BCUT2D eigenvalue weighted by Gasteiger charge is -2.17.